The Bertz CT molecular complexity index is 962. The van der Waals surface area contributed by atoms with E-state index in [1.807, 2.05) is 43.3 Å². The van der Waals surface area contributed by atoms with Crippen LogP contribution in [0.5, 0.6) is 11.5 Å². The predicted molar refractivity (Wildman–Crippen MR) is 107 cm³/mol. The molecule has 0 aliphatic carbocycles. The van der Waals surface area contributed by atoms with Crippen LogP contribution in [0.15, 0.2) is 71.8 Å². The normalized spacial score (nSPS) is 10.7. The Morgan fingerprint density at radius 3 is 2.37 bits per heavy atom. The average molecular weight is 360 g/mol. The summed E-state index contributed by atoms with van der Waals surface area (Å²) in [5, 5.41) is 13.0. The van der Waals surface area contributed by atoms with Crippen molar-refractivity contribution in [3.63, 3.8) is 0 Å². The number of benzene rings is 3. The summed E-state index contributed by atoms with van der Waals surface area (Å²) in [6.07, 6.45) is 1.69. The van der Waals surface area contributed by atoms with Crippen molar-refractivity contribution in [2.75, 3.05) is 5.43 Å². The minimum atomic E-state index is -0.951. The molecule has 2 N–H and O–H groups in total. The lowest BCUT2D eigenvalue weighted by Gasteiger charge is -2.10. The van der Waals surface area contributed by atoms with Crippen LogP contribution in [0.1, 0.15) is 27.0 Å². The number of ether oxygens (including phenoxy) is 1. The number of carboxylic acids is 1. The number of hydrogen-bond acceptors (Lipinski definition) is 4. The molecule has 3 aromatic carbocycles. The fourth-order valence-corrected chi connectivity index (χ4v) is 2.45. The van der Waals surface area contributed by atoms with Gasteiger partial charge in [0.2, 0.25) is 0 Å². The SMILES string of the molecule is Cc1cccc(Oc2ccc(C=NNc3ccc(C(=O)O)cc3)cc2)c1C. The van der Waals surface area contributed by atoms with Gasteiger partial charge in [-0.05, 0) is 85.1 Å². The van der Waals surface area contributed by atoms with E-state index in [2.05, 4.69) is 23.5 Å². The number of rotatable bonds is 6. The molecule has 0 radical (unpaired) electrons. The van der Waals surface area contributed by atoms with E-state index in [0.29, 0.717) is 5.69 Å². The second-order valence-electron chi connectivity index (χ2n) is 6.12. The van der Waals surface area contributed by atoms with E-state index in [0.717, 1.165) is 22.6 Å². The maximum absolute atomic E-state index is 10.8. The van der Waals surface area contributed by atoms with Gasteiger partial charge in [-0.3, -0.25) is 5.43 Å². The summed E-state index contributed by atoms with van der Waals surface area (Å²) < 4.78 is 5.94. The number of carbonyl (C=O) groups is 1. The zero-order chi connectivity index (χ0) is 19.2. The van der Waals surface area contributed by atoms with E-state index < -0.39 is 5.97 Å². The van der Waals surface area contributed by atoms with E-state index in [4.69, 9.17) is 9.84 Å². The second-order valence-corrected chi connectivity index (χ2v) is 6.12. The number of hydrazone groups is 1. The molecule has 0 aliphatic rings. The van der Waals surface area contributed by atoms with Crippen molar-refractivity contribution in [2.45, 2.75) is 13.8 Å². The first kappa shape index (κ1) is 18.2. The largest absolute Gasteiger partial charge is 0.478 e. The number of hydrogen-bond donors (Lipinski definition) is 2. The molecule has 0 heterocycles. The molecular formula is C22H20N2O3. The van der Waals surface area contributed by atoms with Crippen LogP contribution >= 0.6 is 0 Å². The van der Waals surface area contributed by atoms with Crippen LogP contribution in [0.2, 0.25) is 0 Å². The standard InChI is InChI=1S/C22H20N2O3/c1-15-4-3-5-21(16(15)2)27-20-12-6-17(7-13-20)14-23-24-19-10-8-18(9-11-19)22(25)26/h3-14,24H,1-2H3,(H,25,26). The summed E-state index contributed by atoms with van der Waals surface area (Å²) >= 11 is 0. The molecule has 27 heavy (non-hydrogen) atoms. The van der Waals surface area contributed by atoms with Crippen molar-refractivity contribution in [2.24, 2.45) is 5.10 Å². The molecule has 0 fully saturated rings. The topological polar surface area (TPSA) is 70.9 Å². The third-order valence-electron chi connectivity index (χ3n) is 4.20. The third kappa shape index (κ3) is 4.73. The Hall–Kier alpha value is -3.60. The fraction of sp³-hybridized carbons (Fsp3) is 0.0909. The number of carboxylic acid groups (broad SMARTS) is 1. The number of aromatic carboxylic acids is 1. The molecule has 3 aromatic rings. The quantitative estimate of drug-likeness (QED) is 0.466. The number of nitrogens with one attached hydrogen (secondary N) is 1. The van der Waals surface area contributed by atoms with Gasteiger partial charge in [0.1, 0.15) is 11.5 Å². The van der Waals surface area contributed by atoms with E-state index in [1.165, 1.54) is 17.7 Å². The maximum atomic E-state index is 10.8. The van der Waals surface area contributed by atoms with Crippen LogP contribution < -0.4 is 10.2 Å². The van der Waals surface area contributed by atoms with Gasteiger partial charge in [-0.1, -0.05) is 12.1 Å². The number of aryl methyl sites for hydroxylation is 1. The summed E-state index contributed by atoms with van der Waals surface area (Å²) in [6, 6.07) is 20.0. The van der Waals surface area contributed by atoms with Crippen LogP contribution in [0.25, 0.3) is 0 Å². The zero-order valence-electron chi connectivity index (χ0n) is 15.1. The first-order chi connectivity index (χ1) is 13.0. The van der Waals surface area contributed by atoms with Gasteiger partial charge >= 0.3 is 5.97 Å². The Labute approximate surface area is 157 Å². The van der Waals surface area contributed by atoms with Gasteiger partial charge in [-0.15, -0.1) is 0 Å². The zero-order valence-corrected chi connectivity index (χ0v) is 15.1. The molecule has 0 atom stereocenters. The van der Waals surface area contributed by atoms with Crippen molar-refractivity contribution >= 4 is 17.9 Å². The molecule has 3 rings (SSSR count). The summed E-state index contributed by atoms with van der Waals surface area (Å²) in [6.45, 7) is 4.10. The van der Waals surface area contributed by atoms with Gasteiger partial charge in [0.15, 0.2) is 0 Å². The van der Waals surface area contributed by atoms with E-state index in [-0.39, 0.29) is 5.56 Å². The Morgan fingerprint density at radius 1 is 1.00 bits per heavy atom. The minimum Gasteiger partial charge on any atom is -0.478 e. The van der Waals surface area contributed by atoms with Gasteiger partial charge in [0.05, 0.1) is 17.5 Å². The van der Waals surface area contributed by atoms with Crippen LogP contribution in [0.4, 0.5) is 5.69 Å². The molecule has 0 aromatic heterocycles. The predicted octanol–water partition coefficient (Wildman–Crippen LogP) is 5.24. The van der Waals surface area contributed by atoms with Crippen molar-refractivity contribution < 1.29 is 14.6 Å². The van der Waals surface area contributed by atoms with Gasteiger partial charge in [-0.2, -0.15) is 5.10 Å². The highest BCUT2D eigenvalue weighted by Gasteiger charge is 2.03. The van der Waals surface area contributed by atoms with Gasteiger partial charge in [-0.25, -0.2) is 4.79 Å². The Kier molecular flexibility index (Phi) is 5.52. The van der Waals surface area contributed by atoms with Crippen molar-refractivity contribution in [1.82, 2.24) is 0 Å². The lowest BCUT2D eigenvalue weighted by atomic mass is 10.1. The number of anilines is 1. The lowest BCUT2D eigenvalue weighted by molar-refractivity contribution is 0.0697. The Balaban J connectivity index is 1.61. The summed E-state index contributed by atoms with van der Waals surface area (Å²) in [4.78, 5) is 10.8. The monoisotopic (exact) mass is 360 g/mol. The molecule has 136 valence electrons. The Morgan fingerprint density at radius 2 is 1.70 bits per heavy atom. The maximum Gasteiger partial charge on any atom is 0.335 e. The van der Waals surface area contributed by atoms with E-state index in [9.17, 15) is 4.79 Å². The van der Waals surface area contributed by atoms with Gasteiger partial charge in [0.25, 0.3) is 0 Å². The first-order valence-corrected chi connectivity index (χ1v) is 8.49. The van der Waals surface area contributed by atoms with Crippen LogP contribution in [0, 0.1) is 13.8 Å². The van der Waals surface area contributed by atoms with E-state index >= 15 is 0 Å². The molecule has 0 saturated carbocycles. The van der Waals surface area contributed by atoms with E-state index in [1.54, 1.807) is 18.3 Å². The molecule has 0 saturated heterocycles. The summed E-state index contributed by atoms with van der Waals surface area (Å²) in [5.74, 6) is 0.661. The highest BCUT2D eigenvalue weighted by molar-refractivity contribution is 5.88. The third-order valence-corrected chi connectivity index (χ3v) is 4.20. The highest BCUT2D eigenvalue weighted by atomic mass is 16.5. The molecular weight excluding hydrogens is 340 g/mol. The average Bonchev–Trinajstić information content (AvgIpc) is 2.67. The minimum absolute atomic E-state index is 0.240. The molecule has 0 aliphatic heterocycles. The molecule has 0 amide bonds. The second kappa shape index (κ2) is 8.19. The van der Waals surface area contributed by atoms with Gasteiger partial charge < -0.3 is 9.84 Å². The fourth-order valence-electron chi connectivity index (χ4n) is 2.45. The van der Waals surface area contributed by atoms with Crippen molar-refractivity contribution in [3.8, 4) is 11.5 Å². The first-order valence-electron chi connectivity index (χ1n) is 8.49. The van der Waals surface area contributed by atoms with Crippen molar-refractivity contribution in [3.05, 3.63) is 89.0 Å². The summed E-state index contributed by atoms with van der Waals surface area (Å²) in [5.41, 5.74) is 7.06. The summed E-state index contributed by atoms with van der Waals surface area (Å²) in [7, 11) is 0. The molecule has 0 unspecified atom stereocenters. The lowest BCUT2D eigenvalue weighted by Crippen LogP contribution is -1.96. The van der Waals surface area contributed by atoms with Gasteiger partial charge in [0, 0.05) is 0 Å². The highest BCUT2D eigenvalue weighted by Crippen LogP contribution is 2.26. The van der Waals surface area contributed by atoms with Crippen LogP contribution in [-0.4, -0.2) is 17.3 Å². The number of nitrogens with zero attached hydrogens (tertiary/aromatic N) is 1. The molecule has 0 spiro atoms. The van der Waals surface area contributed by atoms with Crippen LogP contribution in [-0.2, 0) is 0 Å². The molecule has 5 heteroatoms. The molecule has 0 bridgehead atoms. The smallest absolute Gasteiger partial charge is 0.335 e. The molecule has 5 nitrogen and oxygen atoms in total. The van der Waals surface area contributed by atoms with Crippen LogP contribution in [0.3, 0.4) is 0 Å². The van der Waals surface area contributed by atoms with Crippen molar-refractivity contribution in [1.29, 1.82) is 0 Å².